The Balaban J connectivity index is 2.22. The topological polar surface area (TPSA) is 0 Å². The second-order valence-electron chi connectivity index (χ2n) is 7.05. The lowest BCUT2D eigenvalue weighted by Crippen LogP contribution is -2.38. The molecular formula is C18H24SSi. The van der Waals surface area contributed by atoms with Crippen LogP contribution in [0.5, 0.6) is 0 Å². The molecule has 2 heteroatoms. The van der Waals surface area contributed by atoms with Crippen LogP contribution in [0.3, 0.4) is 0 Å². The molecule has 106 valence electrons. The van der Waals surface area contributed by atoms with Crippen molar-refractivity contribution in [3.05, 3.63) is 58.6 Å². The van der Waals surface area contributed by atoms with Crippen LogP contribution in [0.1, 0.15) is 13.8 Å². The maximum atomic E-state index is 2.54. The highest BCUT2D eigenvalue weighted by Crippen LogP contribution is 2.56. The maximum Gasteiger partial charge on any atom is 0.0638 e. The summed E-state index contributed by atoms with van der Waals surface area (Å²) in [6.45, 7) is 12.3. The highest BCUT2D eigenvalue weighted by Gasteiger charge is 2.43. The molecule has 0 aromatic rings. The summed E-state index contributed by atoms with van der Waals surface area (Å²) >= 11 is 0. The van der Waals surface area contributed by atoms with Crippen molar-refractivity contribution >= 4 is 23.4 Å². The van der Waals surface area contributed by atoms with Gasteiger partial charge in [0.2, 0.25) is 0 Å². The molecule has 20 heavy (non-hydrogen) atoms. The molecule has 0 saturated heterocycles. The quantitative estimate of drug-likeness (QED) is 0.484. The lowest BCUT2D eigenvalue weighted by atomic mass is 9.97. The molecule has 2 aliphatic carbocycles. The average molecular weight is 301 g/mol. The zero-order valence-electron chi connectivity index (χ0n) is 13.1. The van der Waals surface area contributed by atoms with Crippen molar-refractivity contribution in [1.82, 2.24) is 0 Å². The van der Waals surface area contributed by atoms with Gasteiger partial charge in [0.25, 0.3) is 0 Å². The Morgan fingerprint density at radius 2 is 1.70 bits per heavy atom. The second-order valence-corrected chi connectivity index (χ2v) is 15.2. The Labute approximate surface area is 126 Å². The van der Waals surface area contributed by atoms with Gasteiger partial charge >= 0.3 is 0 Å². The Kier molecular flexibility index (Phi) is 3.42. The minimum absolute atomic E-state index is 0.317. The normalized spacial score (nSPS) is 28.6. The van der Waals surface area contributed by atoms with Crippen LogP contribution >= 0.6 is 10.5 Å². The van der Waals surface area contributed by atoms with E-state index in [-0.39, 0.29) is 0 Å². The maximum absolute atomic E-state index is 2.54. The van der Waals surface area contributed by atoms with Gasteiger partial charge in [-0.1, -0.05) is 56.1 Å². The van der Waals surface area contributed by atoms with Crippen molar-refractivity contribution in [3.8, 4) is 0 Å². The minimum atomic E-state index is -1.26. The molecule has 0 N–H and O–H groups in total. The van der Waals surface area contributed by atoms with Crippen LogP contribution in [0.25, 0.3) is 0 Å². The summed E-state index contributed by atoms with van der Waals surface area (Å²) in [6, 6.07) is 0. The van der Waals surface area contributed by atoms with Gasteiger partial charge in [0.15, 0.2) is 0 Å². The highest BCUT2D eigenvalue weighted by molar-refractivity contribution is 8.21. The van der Waals surface area contributed by atoms with Gasteiger partial charge < -0.3 is 0 Å². The molecule has 0 nitrogen and oxygen atoms in total. The van der Waals surface area contributed by atoms with Gasteiger partial charge in [0.05, 0.1) is 8.07 Å². The number of hydrogen-bond donors (Lipinski definition) is 0. The zero-order chi connectivity index (χ0) is 14.5. The average Bonchev–Trinajstić information content (AvgIpc) is 3.02. The van der Waals surface area contributed by atoms with Gasteiger partial charge in [-0.05, 0) is 35.9 Å². The van der Waals surface area contributed by atoms with E-state index < -0.39 is 8.07 Å². The summed E-state index contributed by atoms with van der Waals surface area (Å²) in [5.41, 5.74) is 3.27. The van der Waals surface area contributed by atoms with E-state index in [2.05, 4.69) is 76.0 Å². The van der Waals surface area contributed by atoms with E-state index in [4.69, 9.17) is 0 Å². The highest BCUT2D eigenvalue weighted by atomic mass is 32.2. The van der Waals surface area contributed by atoms with Gasteiger partial charge in [-0.2, -0.15) is 10.5 Å². The molecular weight excluding hydrogens is 276 g/mol. The number of hydrogen-bond acceptors (Lipinski definition) is 0. The van der Waals surface area contributed by atoms with E-state index in [0.717, 1.165) is 4.87 Å². The molecule has 0 aromatic carbocycles. The van der Waals surface area contributed by atoms with E-state index in [1.807, 2.05) is 0 Å². The summed E-state index contributed by atoms with van der Waals surface area (Å²) in [6.07, 6.45) is 16.1. The van der Waals surface area contributed by atoms with Gasteiger partial charge in [-0.25, -0.2) is 0 Å². The van der Waals surface area contributed by atoms with E-state index in [1.54, 1.807) is 20.9 Å². The molecule has 0 radical (unpaired) electrons. The number of rotatable bonds is 2. The first kappa shape index (κ1) is 14.1. The summed E-state index contributed by atoms with van der Waals surface area (Å²) in [5, 5.41) is 0. The van der Waals surface area contributed by atoms with Crippen LogP contribution in [0.4, 0.5) is 0 Å². The van der Waals surface area contributed by atoms with Crippen LogP contribution in [-0.4, -0.2) is 17.8 Å². The fourth-order valence-electron chi connectivity index (χ4n) is 3.50. The molecule has 3 aliphatic rings. The predicted molar refractivity (Wildman–Crippen MR) is 97.1 cm³/mol. The first-order chi connectivity index (χ1) is 9.41. The molecule has 0 spiro atoms. The first-order valence-electron chi connectivity index (χ1n) is 7.42. The first-order valence-corrected chi connectivity index (χ1v) is 12.3. The molecule has 0 saturated carbocycles. The lowest BCUT2D eigenvalue weighted by Gasteiger charge is -2.32. The monoisotopic (exact) mass is 300 g/mol. The molecule has 0 fully saturated rings. The molecule has 0 bridgehead atoms. The van der Waals surface area contributed by atoms with E-state index in [1.165, 1.54) is 0 Å². The van der Waals surface area contributed by atoms with Crippen LogP contribution in [0.15, 0.2) is 58.6 Å². The van der Waals surface area contributed by atoms with Gasteiger partial charge in [0, 0.05) is 15.7 Å². The SMILES string of the molecule is CC(C)=S1C2=CC=CC2=C(C2C=CC=C2)C1[Si](C)(C)C. The standard InChI is InChI=1S/C18H24SSi/c1-13(2)19-16-12-8-11-15(16)17(14-9-6-7-10-14)18(19)20(3,4)5/h6-12,14,18H,1-5H3. The van der Waals surface area contributed by atoms with Crippen molar-refractivity contribution in [2.24, 2.45) is 5.92 Å². The fraction of sp³-hybridized carbons (Fsp3) is 0.389. The second kappa shape index (κ2) is 4.85. The third-order valence-corrected chi connectivity index (χ3v) is 11.3. The van der Waals surface area contributed by atoms with Crippen molar-refractivity contribution < 1.29 is 0 Å². The molecule has 1 heterocycles. The lowest BCUT2D eigenvalue weighted by molar-refractivity contribution is 0.954. The Bertz CT molecular complexity index is 617. The number of fused-ring (bicyclic) bond motifs is 1. The van der Waals surface area contributed by atoms with Crippen LogP contribution in [0, 0.1) is 5.92 Å². The summed E-state index contributed by atoms with van der Waals surface area (Å²) in [5.74, 6) is 0.532. The molecule has 3 rings (SSSR count). The fourth-order valence-corrected chi connectivity index (χ4v) is 11.0. The Morgan fingerprint density at radius 3 is 2.25 bits per heavy atom. The Hall–Kier alpha value is -0.863. The van der Waals surface area contributed by atoms with E-state index in [0.29, 0.717) is 16.4 Å². The van der Waals surface area contributed by atoms with Crippen LogP contribution in [-0.2, 0) is 0 Å². The number of allylic oxidation sites excluding steroid dienone is 8. The smallest absolute Gasteiger partial charge is 0.0638 e. The summed E-state index contributed by atoms with van der Waals surface area (Å²) in [4.78, 5) is 3.99. The zero-order valence-corrected chi connectivity index (χ0v) is 14.9. The molecule has 2 unspecified atom stereocenters. The predicted octanol–water partition coefficient (Wildman–Crippen LogP) is 5.22. The Morgan fingerprint density at radius 1 is 1.05 bits per heavy atom. The van der Waals surface area contributed by atoms with Crippen LogP contribution in [0.2, 0.25) is 19.6 Å². The third-order valence-electron chi connectivity index (χ3n) is 4.18. The van der Waals surface area contributed by atoms with Crippen molar-refractivity contribution in [3.63, 3.8) is 0 Å². The molecule has 2 atom stereocenters. The molecule has 0 amide bonds. The van der Waals surface area contributed by atoms with Gasteiger partial charge in [-0.3, -0.25) is 0 Å². The third kappa shape index (κ3) is 2.10. The van der Waals surface area contributed by atoms with Crippen molar-refractivity contribution in [2.75, 3.05) is 0 Å². The van der Waals surface area contributed by atoms with Crippen LogP contribution < -0.4 is 0 Å². The van der Waals surface area contributed by atoms with E-state index in [9.17, 15) is 0 Å². The van der Waals surface area contributed by atoms with E-state index >= 15 is 0 Å². The summed E-state index contributed by atoms with van der Waals surface area (Å²) in [7, 11) is -0.938. The van der Waals surface area contributed by atoms with Crippen molar-refractivity contribution in [2.45, 2.75) is 38.4 Å². The minimum Gasteiger partial charge on any atom is -0.151 e. The summed E-state index contributed by atoms with van der Waals surface area (Å²) < 4.78 is 0. The molecule has 0 aromatic heterocycles. The van der Waals surface area contributed by atoms with Gasteiger partial charge in [-0.15, -0.1) is 0 Å². The van der Waals surface area contributed by atoms with Crippen molar-refractivity contribution in [1.29, 1.82) is 0 Å². The van der Waals surface area contributed by atoms with Gasteiger partial charge in [0.1, 0.15) is 0 Å². The molecule has 1 aliphatic heterocycles. The largest absolute Gasteiger partial charge is 0.151 e.